The molecule has 0 aromatic carbocycles. The number of esters is 1. The molecule has 6 heteroatoms. The first-order valence-electron chi connectivity index (χ1n) is 5.05. The lowest BCUT2D eigenvalue weighted by Crippen LogP contribution is -2.36. The fourth-order valence-electron chi connectivity index (χ4n) is 1.25. The van der Waals surface area contributed by atoms with Crippen LogP contribution in [0.4, 0.5) is 0 Å². The van der Waals surface area contributed by atoms with Crippen LogP contribution in [0, 0.1) is 0 Å². The molecular formula is C11H13ClN2O3. The molecule has 1 aromatic heterocycles. The second kappa shape index (κ2) is 6.20. The molecule has 0 fully saturated rings. The number of likely N-dealkylation sites (N-methyl/N-ethyl adjacent to an activating group) is 1. The minimum Gasteiger partial charge on any atom is -0.468 e. The average molecular weight is 257 g/mol. The third-order valence-electron chi connectivity index (χ3n) is 2.21. The van der Waals surface area contributed by atoms with Crippen molar-refractivity contribution in [1.29, 1.82) is 0 Å². The summed E-state index contributed by atoms with van der Waals surface area (Å²) >= 11 is 5.89. The molecule has 1 amide bonds. The number of nitrogens with zero attached hydrogens (tertiary/aromatic N) is 2. The molecular weight excluding hydrogens is 244 g/mol. The Bertz CT molecular complexity index is 423. The Hall–Kier alpha value is -1.62. The van der Waals surface area contributed by atoms with Crippen molar-refractivity contribution in [2.24, 2.45) is 0 Å². The van der Waals surface area contributed by atoms with E-state index in [1.165, 1.54) is 30.5 Å². The standard InChI is InChI=1S/C11H13ClN2O3/c1-3-14(7-10(15)17-2)11(16)8-6-13-5-4-9(8)12/h4-6H,3,7H2,1-2H3. The van der Waals surface area contributed by atoms with E-state index in [0.717, 1.165) is 0 Å². The van der Waals surface area contributed by atoms with E-state index in [9.17, 15) is 9.59 Å². The Labute approximate surface area is 104 Å². The number of hydrogen-bond acceptors (Lipinski definition) is 4. The second-order valence-electron chi connectivity index (χ2n) is 3.25. The molecule has 0 spiro atoms. The molecule has 0 saturated heterocycles. The summed E-state index contributed by atoms with van der Waals surface area (Å²) in [4.78, 5) is 28.4. The van der Waals surface area contributed by atoms with Gasteiger partial charge in [-0.3, -0.25) is 14.6 Å². The van der Waals surface area contributed by atoms with Gasteiger partial charge in [-0.1, -0.05) is 11.6 Å². The van der Waals surface area contributed by atoms with Gasteiger partial charge in [-0.25, -0.2) is 0 Å². The first-order valence-corrected chi connectivity index (χ1v) is 5.43. The average Bonchev–Trinajstić information content (AvgIpc) is 2.35. The summed E-state index contributed by atoms with van der Waals surface area (Å²) in [5, 5.41) is 0.313. The van der Waals surface area contributed by atoms with Crippen molar-refractivity contribution >= 4 is 23.5 Å². The fraction of sp³-hybridized carbons (Fsp3) is 0.364. The van der Waals surface area contributed by atoms with Crippen LogP contribution in [0.1, 0.15) is 17.3 Å². The number of halogens is 1. The third-order valence-corrected chi connectivity index (χ3v) is 2.54. The van der Waals surface area contributed by atoms with Gasteiger partial charge in [0, 0.05) is 18.9 Å². The Morgan fingerprint density at radius 2 is 2.24 bits per heavy atom. The van der Waals surface area contributed by atoms with Gasteiger partial charge >= 0.3 is 5.97 Å². The van der Waals surface area contributed by atoms with Gasteiger partial charge < -0.3 is 9.64 Å². The molecule has 0 bridgehead atoms. The summed E-state index contributed by atoms with van der Waals surface area (Å²) < 4.78 is 4.52. The minimum atomic E-state index is -0.472. The number of carbonyl (C=O) groups excluding carboxylic acids is 2. The number of amides is 1. The molecule has 5 nitrogen and oxygen atoms in total. The van der Waals surface area contributed by atoms with Gasteiger partial charge in [-0.2, -0.15) is 0 Å². The molecule has 1 heterocycles. The van der Waals surface area contributed by atoms with E-state index in [1.807, 2.05) is 0 Å². The molecule has 0 aliphatic carbocycles. The minimum absolute atomic E-state index is 0.100. The molecule has 1 aromatic rings. The number of hydrogen-bond donors (Lipinski definition) is 0. The summed E-state index contributed by atoms with van der Waals surface area (Å²) in [5.41, 5.74) is 0.278. The van der Waals surface area contributed by atoms with Crippen LogP contribution in [0.15, 0.2) is 18.5 Å². The van der Waals surface area contributed by atoms with Crippen LogP contribution >= 0.6 is 11.6 Å². The predicted octanol–water partition coefficient (Wildman–Crippen LogP) is 1.37. The van der Waals surface area contributed by atoms with Gasteiger partial charge in [-0.05, 0) is 13.0 Å². The predicted molar refractivity (Wildman–Crippen MR) is 62.8 cm³/mol. The van der Waals surface area contributed by atoms with Crippen LogP contribution in [0.3, 0.4) is 0 Å². The van der Waals surface area contributed by atoms with Crippen LogP contribution < -0.4 is 0 Å². The van der Waals surface area contributed by atoms with Crippen LogP contribution in [0.25, 0.3) is 0 Å². The van der Waals surface area contributed by atoms with Crippen LogP contribution in [-0.4, -0.2) is 42.0 Å². The highest BCUT2D eigenvalue weighted by molar-refractivity contribution is 6.33. The van der Waals surface area contributed by atoms with Gasteiger partial charge in [0.05, 0.1) is 17.7 Å². The number of carbonyl (C=O) groups is 2. The number of ether oxygens (including phenoxy) is 1. The quantitative estimate of drug-likeness (QED) is 0.764. The second-order valence-corrected chi connectivity index (χ2v) is 3.66. The Morgan fingerprint density at radius 3 is 2.76 bits per heavy atom. The number of aromatic nitrogens is 1. The molecule has 1 rings (SSSR count). The number of methoxy groups -OCH3 is 1. The van der Waals surface area contributed by atoms with Crippen molar-refractivity contribution in [3.63, 3.8) is 0 Å². The summed E-state index contributed by atoms with van der Waals surface area (Å²) in [6.07, 6.45) is 2.88. The molecule has 0 radical (unpaired) electrons. The van der Waals surface area contributed by atoms with Gasteiger partial charge in [-0.15, -0.1) is 0 Å². The van der Waals surface area contributed by atoms with Crippen molar-refractivity contribution in [1.82, 2.24) is 9.88 Å². The lowest BCUT2D eigenvalue weighted by molar-refractivity contribution is -0.141. The zero-order valence-corrected chi connectivity index (χ0v) is 10.4. The van der Waals surface area contributed by atoms with E-state index in [1.54, 1.807) is 6.92 Å². The zero-order chi connectivity index (χ0) is 12.8. The lowest BCUT2D eigenvalue weighted by Gasteiger charge is -2.19. The highest BCUT2D eigenvalue weighted by Crippen LogP contribution is 2.15. The van der Waals surface area contributed by atoms with E-state index in [2.05, 4.69) is 9.72 Å². The molecule has 17 heavy (non-hydrogen) atoms. The molecule has 0 aliphatic heterocycles. The summed E-state index contributed by atoms with van der Waals surface area (Å²) in [6.45, 7) is 2.06. The molecule has 0 aliphatic rings. The highest BCUT2D eigenvalue weighted by atomic mass is 35.5. The molecule has 0 saturated carbocycles. The van der Waals surface area contributed by atoms with Crippen molar-refractivity contribution in [3.8, 4) is 0 Å². The summed E-state index contributed by atoms with van der Waals surface area (Å²) in [7, 11) is 1.28. The summed E-state index contributed by atoms with van der Waals surface area (Å²) in [6, 6.07) is 1.53. The zero-order valence-electron chi connectivity index (χ0n) is 9.64. The summed E-state index contributed by atoms with van der Waals surface area (Å²) in [5.74, 6) is -0.809. The van der Waals surface area contributed by atoms with E-state index in [0.29, 0.717) is 11.6 Å². The maximum atomic E-state index is 12.0. The molecule has 0 atom stereocenters. The van der Waals surface area contributed by atoms with Gasteiger partial charge in [0.25, 0.3) is 5.91 Å². The van der Waals surface area contributed by atoms with Crippen LogP contribution in [-0.2, 0) is 9.53 Å². The molecule has 0 unspecified atom stereocenters. The SMILES string of the molecule is CCN(CC(=O)OC)C(=O)c1cnccc1Cl. The topological polar surface area (TPSA) is 59.5 Å². The van der Waals surface area contributed by atoms with Crippen LogP contribution in [0.2, 0.25) is 5.02 Å². The number of rotatable bonds is 4. The van der Waals surface area contributed by atoms with Crippen molar-refractivity contribution in [3.05, 3.63) is 29.0 Å². The maximum Gasteiger partial charge on any atom is 0.325 e. The van der Waals surface area contributed by atoms with E-state index < -0.39 is 5.97 Å². The third kappa shape index (κ3) is 3.42. The van der Waals surface area contributed by atoms with Gasteiger partial charge in [0.1, 0.15) is 6.54 Å². The van der Waals surface area contributed by atoms with Crippen molar-refractivity contribution in [2.75, 3.05) is 20.2 Å². The fourth-order valence-corrected chi connectivity index (χ4v) is 1.44. The Morgan fingerprint density at radius 1 is 1.53 bits per heavy atom. The van der Waals surface area contributed by atoms with Crippen LogP contribution in [0.5, 0.6) is 0 Å². The maximum absolute atomic E-state index is 12.0. The van der Waals surface area contributed by atoms with E-state index in [4.69, 9.17) is 11.6 Å². The first-order chi connectivity index (χ1) is 8.10. The van der Waals surface area contributed by atoms with Gasteiger partial charge in [0.2, 0.25) is 0 Å². The lowest BCUT2D eigenvalue weighted by atomic mass is 10.2. The van der Waals surface area contributed by atoms with E-state index >= 15 is 0 Å². The normalized spacial score (nSPS) is 9.82. The van der Waals surface area contributed by atoms with Gasteiger partial charge in [0.15, 0.2) is 0 Å². The molecule has 92 valence electrons. The molecule has 0 N–H and O–H groups in total. The Kier molecular flexibility index (Phi) is 4.90. The van der Waals surface area contributed by atoms with E-state index in [-0.39, 0.29) is 18.0 Å². The largest absolute Gasteiger partial charge is 0.468 e. The smallest absolute Gasteiger partial charge is 0.325 e. The van der Waals surface area contributed by atoms with Crippen molar-refractivity contribution < 1.29 is 14.3 Å². The monoisotopic (exact) mass is 256 g/mol. The number of pyridine rings is 1. The van der Waals surface area contributed by atoms with Crippen molar-refractivity contribution in [2.45, 2.75) is 6.92 Å². The highest BCUT2D eigenvalue weighted by Gasteiger charge is 2.19. The first kappa shape index (κ1) is 13.4. The Balaban J connectivity index is 2.87.